The van der Waals surface area contributed by atoms with Gasteiger partial charge in [0, 0.05) is 19.6 Å². The molecule has 1 rings (SSSR count). The summed E-state index contributed by atoms with van der Waals surface area (Å²) in [5.74, 6) is 0.527. The number of amides is 1. The van der Waals surface area contributed by atoms with Gasteiger partial charge in [-0.05, 0) is 25.4 Å². The van der Waals surface area contributed by atoms with Crippen LogP contribution in [-0.2, 0) is 9.53 Å². The van der Waals surface area contributed by atoms with Crippen LogP contribution in [0.3, 0.4) is 0 Å². The number of nitrogens with one attached hydrogen (secondary N) is 2. The molecule has 0 saturated carbocycles. The number of carbonyl (C=O) groups is 1. The zero-order valence-electron chi connectivity index (χ0n) is 10.0. The Balaban J connectivity index is 2.33. The van der Waals surface area contributed by atoms with E-state index >= 15 is 0 Å². The molecule has 0 bridgehead atoms. The van der Waals surface area contributed by atoms with Gasteiger partial charge in [0.2, 0.25) is 5.91 Å². The van der Waals surface area contributed by atoms with E-state index in [1.54, 1.807) is 7.11 Å². The van der Waals surface area contributed by atoms with E-state index < -0.39 is 0 Å². The first kappa shape index (κ1) is 13.4. The number of ether oxygens (including phenoxy) is 1. The molecule has 0 aliphatic carbocycles. The molecule has 0 spiro atoms. The van der Waals surface area contributed by atoms with Crippen molar-refractivity contribution in [3.05, 3.63) is 0 Å². The van der Waals surface area contributed by atoms with Crippen LogP contribution in [-0.4, -0.2) is 50.5 Å². The Kier molecular flexibility index (Phi) is 5.73. The fraction of sp³-hybridized carbons (Fsp3) is 0.909. The first-order valence-corrected chi connectivity index (χ1v) is 5.80. The van der Waals surface area contributed by atoms with Gasteiger partial charge in [-0.3, -0.25) is 4.79 Å². The van der Waals surface area contributed by atoms with Crippen molar-refractivity contribution in [2.45, 2.75) is 19.4 Å². The molecule has 2 atom stereocenters. The lowest BCUT2D eigenvalue weighted by Crippen LogP contribution is -2.51. The zero-order chi connectivity index (χ0) is 12.0. The maximum absolute atomic E-state index is 11.9. The van der Waals surface area contributed by atoms with Gasteiger partial charge in [-0.2, -0.15) is 0 Å². The second kappa shape index (κ2) is 6.83. The summed E-state index contributed by atoms with van der Waals surface area (Å²) in [6.07, 6.45) is 0.537. The zero-order valence-corrected chi connectivity index (χ0v) is 10.0. The van der Waals surface area contributed by atoms with E-state index in [2.05, 4.69) is 10.6 Å². The summed E-state index contributed by atoms with van der Waals surface area (Å²) in [5, 5.41) is 14.9. The number of carbonyl (C=O) groups excluding carboxylic acids is 1. The van der Waals surface area contributed by atoms with Gasteiger partial charge in [0.15, 0.2) is 0 Å². The van der Waals surface area contributed by atoms with Crippen molar-refractivity contribution < 1.29 is 14.6 Å². The van der Waals surface area contributed by atoms with E-state index in [9.17, 15) is 4.79 Å². The van der Waals surface area contributed by atoms with Crippen LogP contribution in [0.4, 0.5) is 0 Å². The first-order valence-electron chi connectivity index (χ1n) is 5.80. The molecule has 5 nitrogen and oxygen atoms in total. The second-order valence-electron chi connectivity index (χ2n) is 4.38. The van der Waals surface area contributed by atoms with Crippen LogP contribution >= 0.6 is 0 Å². The number of methoxy groups -OCH3 is 1. The van der Waals surface area contributed by atoms with Crippen molar-refractivity contribution in [3.8, 4) is 0 Å². The molecule has 94 valence electrons. The van der Waals surface area contributed by atoms with Crippen molar-refractivity contribution in [2.24, 2.45) is 11.8 Å². The van der Waals surface area contributed by atoms with E-state index in [0.29, 0.717) is 18.9 Å². The van der Waals surface area contributed by atoms with Crippen LogP contribution in [0.1, 0.15) is 13.3 Å². The van der Waals surface area contributed by atoms with Gasteiger partial charge in [-0.1, -0.05) is 6.92 Å². The molecule has 0 aromatic rings. The minimum absolute atomic E-state index is 0.0271. The highest BCUT2D eigenvalue weighted by molar-refractivity contribution is 5.79. The summed E-state index contributed by atoms with van der Waals surface area (Å²) >= 11 is 0. The monoisotopic (exact) mass is 230 g/mol. The highest BCUT2D eigenvalue weighted by Crippen LogP contribution is 2.16. The van der Waals surface area contributed by atoms with E-state index in [-0.39, 0.29) is 24.5 Å². The first-order chi connectivity index (χ1) is 7.69. The van der Waals surface area contributed by atoms with Gasteiger partial charge in [-0.25, -0.2) is 0 Å². The van der Waals surface area contributed by atoms with Crippen LogP contribution in [0, 0.1) is 11.8 Å². The maximum Gasteiger partial charge on any atom is 0.223 e. The van der Waals surface area contributed by atoms with Crippen molar-refractivity contribution >= 4 is 5.91 Å². The van der Waals surface area contributed by atoms with Crippen LogP contribution < -0.4 is 10.6 Å². The van der Waals surface area contributed by atoms with Crippen LogP contribution in [0.25, 0.3) is 0 Å². The number of aliphatic hydroxyl groups is 1. The second-order valence-corrected chi connectivity index (χ2v) is 4.38. The summed E-state index contributed by atoms with van der Waals surface area (Å²) in [4.78, 5) is 11.9. The number of aliphatic hydroxyl groups excluding tert-OH is 1. The van der Waals surface area contributed by atoms with Crippen molar-refractivity contribution in [2.75, 3.05) is 33.4 Å². The van der Waals surface area contributed by atoms with Gasteiger partial charge in [0.1, 0.15) is 0 Å². The van der Waals surface area contributed by atoms with Gasteiger partial charge >= 0.3 is 0 Å². The Labute approximate surface area is 96.6 Å². The Morgan fingerprint density at radius 3 is 2.75 bits per heavy atom. The molecular formula is C11H22N2O3. The van der Waals surface area contributed by atoms with Crippen LogP contribution in [0.2, 0.25) is 0 Å². The Hall–Kier alpha value is -0.650. The van der Waals surface area contributed by atoms with Crippen molar-refractivity contribution in [3.63, 3.8) is 0 Å². The van der Waals surface area contributed by atoms with E-state index in [1.807, 2.05) is 6.92 Å². The van der Waals surface area contributed by atoms with Gasteiger partial charge < -0.3 is 20.5 Å². The minimum atomic E-state index is -0.0852. The lowest BCUT2D eigenvalue weighted by molar-refractivity contribution is -0.127. The van der Waals surface area contributed by atoms with E-state index in [4.69, 9.17) is 9.84 Å². The molecule has 1 aliphatic heterocycles. The fourth-order valence-electron chi connectivity index (χ4n) is 1.77. The molecule has 16 heavy (non-hydrogen) atoms. The SMILES string of the molecule is COCC(CCO)NC(=O)C(C)C1CNC1. The number of hydrogen-bond acceptors (Lipinski definition) is 4. The molecule has 1 saturated heterocycles. The third-order valence-electron chi connectivity index (χ3n) is 3.13. The molecule has 5 heteroatoms. The molecule has 3 N–H and O–H groups in total. The standard InChI is InChI=1S/C11H22N2O3/c1-8(9-5-12-6-9)11(15)13-10(3-4-14)7-16-2/h8-10,12,14H,3-7H2,1-2H3,(H,13,15). The molecule has 2 unspecified atom stereocenters. The smallest absolute Gasteiger partial charge is 0.223 e. The summed E-state index contributed by atoms with van der Waals surface area (Å²) in [6.45, 7) is 4.30. The minimum Gasteiger partial charge on any atom is -0.396 e. The normalized spacial score (nSPS) is 19.9. The molecule has 1 fully saturated rings. The van der Waals surface area contributed by atoms with Crippen molar-refractivity contribution in [1.82, 2.24) is 10.6 Å². The molecule has 0 aromatic heterocycles. The van der Waals surface area contributed by atoms with Crippen LogP contribution in [0.5, 0.6) is 0 Å². The highest BCUT2D eigenvalue weighted by atomic mass is 16.5. The summed E-state index contributed by atoms with van der Waals surface area (Å²) < 4.78 is 5.00. The maximum atomic E-state index is 11.9. The Morgan fingerprint density at radius 1 is 1.62 bits per heavy atom. The van der Waals surface area contributed by atoms with Gasteiger partial charge in [0.25, 0.3) is 0 Å². The Bertz CT molecular complexity index is 213. The average Bonchev–Trinajstić information content (AvgIpc) is 2.15. The third-order valence-corrected chi connectivity index (χ3v) is 3.13. The average molecular weight is 230 g/mol. The molecular weight excluding hydrogens is 208 g/mol. The summed E-state index contributed by atoms with van der Waals surface area (Å²) in [5.41, 5.74) is 0. The van der Waals surface area contributed by atoms with Crippen molar-refractivity contribution in [1.29, 1.82) is 0 Å². The topological polar surface area (TPSA) is 70.6 Å². The molecule has 1 amide bonds. The predicted octanol–water partition coefficient (Wildman–Crippen LogP) is -0.644. The molecule has 0 aromatic carbocycles. The predicted molar refractivity (Wildman–Crippen MR) is 61.0 cm³/mol. The largest absolute Gasteiger partial charge is 0.396 e. The lowest BCUT2D eigenvalue weighted by atomic mass is 9.88. The number of hydrogen-bond donors (Lipinski definition) is 3. The van der Waals surface area contributed by atoms with E-state index in [0.717, 1.165) is 13.1 Å². The van der Waals surface area contributed by atoms with Gasteiger partial charge in [0.05, 0.1) is 12.6 Å². The van der Waals surface area contributed by atoms with Crippen LogP contribution in [0.15, 0.2) is 0 Å². The highest BCUT2D eigenvalue weighted by Gasteiger charge is 2.29. The molecule has 1 aliphatic rings. The fourth-order valence-corrected chi connectivity index (χ4v) is 1.77. The molecule has 0 radical (unpaired) electrons. The quantitative estimate of drug-likeness (QED) is 0.544. The third kappa shape index (κ3) is 3.73. The van der Waals surface area contributed by atoms with E-state index in [1.165, 1.54) is 0 Å². The number of rotatable bonds is 7. The summed E-state index contributed by atoms with van der Waals surface area (Å²) in [7, 11) is 1.59. The lowest BCUT2D eigenvalue weighted by Gasteiger charge is -2.32. The molecule has 1 heterocycles. The summed E-state index contributed by atoms with van der Waals surface area (Å²) in [6, 6.07) is -0.0852. The van der Waals surface area contributed by atoms with Gasteiger partial charge in [-0.15, -0.1) is 0 Å². The Morgan fingerprint density at radius 2 is 2.31 bits per heavy atom.